The third kappa shape index (κ3) is 4.32. The molecule has 1 aliphatic heterocycles. The summed E-state index contributed by atoms with van der Waals surface area (Å²) < 4.78 is 0. The molecule has 0 bridgehead atoms. The van der Waals surface area contributed by atoms with E-state index in [2.05, 4.69) is 0 Å². The highest BCUT2D eigenvalue weighted by Gasteiger charge is 2.34. The van der Waals surface area contributed by atoms with Gasteiger partial charge in [-0.05, 0) is 12.8 Å². The molecule has 0 spiro atoms. The second-order valence-corrected chi connectivity index (χ2v) is 6.07. The number of amides is 2. The summed E-state index contributed by atoms with van der Waals surface area (Å²) in [6, 6.07) is 0.196. The molecule has 1 heterocycles. The molecule has 0 atom stereocenters. The number of likely N-dealkylation sites (tertiary alicyclic amines) is 1. The first-order valence-electron chi connectivity index (χ1n) is 8.14. The van der Waals surface area contributed by atoms with Crippen LogP contribution in [0.4, 0.5) is 0 Å². The molecule has 3 heteroatoms. The first kappa shape index (κ1) is 14.5. The van der Waals surface area contributed by atoms with E-state index in [0.717, 1.165) is 12.8 Å². The SMILES string of the molecule is O=C1CCC(=O)N1C1CCCCCCCCCCC1. The fourth-order valence-electron chi connectivity index (χ4n) is 3.40. The average Bonchev–Trinajstić information content (AvgIpc) is 2.71. The van der Waals surface area contributed by atoms with Gasteiger partial charge >= 0.3 is 0 Å². The van der Waals surface area contributed by atoms with Gasteiger partial charge in [-0.25, -0.2) is 0 Å². The maximum atomic E-state index is 11.9. The number of hydrogen-bond donors (Lipinski definition) is 0. The standard InChI is InChI=1S/C16H27NO2/c18-15-12-13-16(19)17(15)14-10-8-6-4-2-1-3-5-7-9-11-14/h14H,1-13H2. The number of rotatable bonds is 1. The number of hydrogen-bond acceptors (Lipinski definition) is 2. The first-order chi connectivity index (χ1) is 9.29. The predicted octanol–water partition coefficient (Wildman–Crippen LogP) is 3.81. The minimum Gasteiger partial charge on any atom is -0.280 e. The van der Waals surface area contributed by atoms with Crippen molar-refractivity contribution in [1.82, 2.24) is 4.90 Å². The Morgan fingerprint density at radius 1 is 0.632 bits per heavy atom. The monoisotopic (exact) mass is 265 g/mol. The summed E-state index contributed by atoms with van der Waals surface area (Å²) in [5.74, 6) is 0.143. The number of nitrogens with zero attached hydrogens (tertiary/aromatic N) is 1. The van der Waals surface area contributed by atoms with Crippen molar-refractivity contribution >= 4 is 11.8 Å². The van der Waals surface area contributed by atoms with Crippen molar-refractivity contribution in [3.63, 3.8) is 0 Å². The fraction of sp³-hybridized carbons (Fsp3) is 0.875. The van der Waals surface area contributed by atoms with E-state index in [1.807, 2.05) is 0 Å². The lowest BCUT2D eigenvalue weighted by atomic mass is 9.97. The second-order valence-electron chi connectivity index (χ2n) is 6.07. The van der Waals surface area contributed by atoms with Gasteiger partial charge in [0.1, 0.15) is 0 Å². The fourth-order valence-corrected chi connectivity index (χ4v) is 3.40. The molecule has 0 aromatic carbocycles. The molecular weight excluding hydrogens is 238 g/mol. The van der Waals surface area contributed by atoms with Gasteiger partial charge in [0.05, 0.1) is 0 Å². The van der Waals surface area contributed by atoms with E-state index in [-0.39, 0.29) is 17.9 Å². The van der Waals surface area contributed by atoms with Crippen molar-refractivity contribution in [2.45, 2.75) is 89.5 Å². The largest absolute Gasteiger partial charge is 0.280 e. The van der Waals surface area contributed by atoms with Gasteiger partial charge in [0.2, 0.25) is 11.8 Å². The summed E-state index contributed by atoms with van der Waals surface area (Å²) in [5.41, 5.74) is 0. The summed E-state index contributed by atoms with van der Waals surface area (Å²) in [6.45, 7) is 0. The lowest BCUT2D eigenvalue weighted by molar-refractivity contribution is -0.141. The molecule has 0 radical (unpaired) electrons. The van der Waals surface area contributed by atoms with Gasteiger partial charge in [0.25, 0.3) is 0 Å². The van der Waals surface area contributed by atoms with Crippen molar-refractivity contribution in [2.24, 2.45) is 0 Å². The Labute approximate surface area is 116 Å². The van der Waals surface area contributed by atoms with Crippen molar-refractivity contribution in [1.29, 1.82) is 0 Å². The number of imide groups is 1. The van der Waals surface area contributed by atoms with Crippen LogP contribution in [0.3, 0.4) is 0 Å². The predicted molar refractivity (Wildman–Crippen MR) is 75.7 cm³/mol. The summed E-state index contributed by atoms with van der Waals surface area (Å²) in [7, 11) is 0. The molecule has 0 N–H and O–H groups in total. The van der Waals surface area contributed by atoms with Crippen LogP contribution in [0.15, 0.2) is 0 Å². The van der Waals surface area contributed by atoms with Crippen molar-refractivity contribution in [3.8, 4) is 0 Å². The summed E-state index contributed by atoms with van der Waals surface area (Å²) in [5, 5.41) is 0. The average molecular weight is 265 g/mol. The Bertz CT molecular complexity index is 286. The molecule has 0 unspecified atom stereocenters. The van der Waals surface area contributed by atoms with Gasteiger partial charge in [-0.2, -0.15) is 0 Å². The molecule has 2 amide bonds. The third-order valence-electron chi connectivity index (χ3n) is 4.53. The quantitative estimate of drug-likeness (QED) is 0.676. The summed E-state index contributed by atoms with van der Waals surface area (Å²) >= 11 is 0. The molecule has 1 aliphatic carbocycles. The van der Waals surface area contributed by atoms with Gasteiger partial charge in [-0.1, -0.05) is 57.8 Å². The zero-order valence-corrected chi connectivity index (χ0v) is 12.0. The Morgan fingerprint density at radius 3 is 1.42 bits per heavy atom. The Balaban J connectivity index is 1.90. The molecule has 19 heavy (non-hydrogen) atoms. The lowest BCUT2D eigenvalue weighted by Gasteiger charge is -2.26. The maximum Gasteiger partial charge on any atom is 0.229 e. The Kier molecular flexibility index (Phi) is 5.87. The van der Waals surface area contributed by atoms with E-state index in [9.17, 15) is 9.59 Å². The molecule has 2 aliphatic rings. The topological polar surface area (TPSA) is 37.4 Å². The highest BCUT2D eigenvalue weighted by atomic mass is 16.2. The van der Waals surface area contributed by atoms with E-state index in [1.165, 1.54) is 57.8 Å². The van der Waals surface area contributed by atoms with Crippen LogP contribution in [-0.4, -0.2) is 22.8 Å². The number of carbonyl (C=O) groups excluding carboxylic acids is 2. The van der Waals surface area contributed by atoms with Gasteiger partial charge in [-0.3, -0.25) is 14.5 Å². The zero-order valence-electron chi connectivity index (χ0n) is 12.0. The second kappa shape index (κ2) is 7.66. The van der Waals surface area contributed by atoms with E-state index in [0.29, 0.717) is 12.8 Å². The van der Waals surface area contributed by atoms with Gasteiger partial charge in [0, 0.05) is 18.9 Å². The maximum absolute atomic E-state index is 11.9. The highest BCUT2D eigenvalue weighted by molar-refractivity contribution is 6.02. The summed E-state index contributed by atoms with van der Waals surface area (Å²) in [6.07, 6.45) is 14.5. The van der Waals surface area contributed by atoms with Crippen molar-refractivity contribution < 1.29 is 9.59 Å². The van der Waals surface area contributed by atoms with E-state index in [4.69, 9.17) is 0 Å². The molecule has 0 aromatic heterocycles. The molecule has 1 saturated heterocycles. The van der Waals surface area contributed by atoms with Crippen LogP contribution in [0.5, 0.6) is 0 Å². The molecule has 108 valence electrons. The van der Waals surface area contributed by atoms with Crippen LogP contribution >= 0.6 is 0 Å². The van der Waals surface area contributed by atoms with E-state index < -0.39 is 0 Å². The van der Waals surface area contributed by atoms with Crippen molar-refractivity contribution in [2.75, 3.05) is 0 Å². The third-order valence-corrected chi connectivity index (χ3v) is 4.53. The minimum absolute atomic E-state index is 0.0714. The molecule has 1 saturated carbocycles. The van der Waals surface area contributed by atoms with Gasteiger partial charge < -0.3 is 0 Å². The van der Waals surface area contributed by atoms with Crippen LogP contribution in [0, 0.1) is 0 Å². The molecule has 2 rings (SSSR count). The lowest BCUT2D eigenvalue weighted by Crippen LogP contribution is -2.39. The van der Waals surface area contributed by atoms with Gasteiger partial charge in [-0.15, -0.1) is 0 Å². The normalized spacial score (nSPS) is 25.2. The smallest absolute Gasteiger partial charge is 0.229 e. The van der Waals surface area contributed by atoms with E-state index in [1.54, 1.807) is 4.90 Å². The van der Waals surface area contributed by atoms with Crippen molar-refractivity contribution in [3.05, 3.63) is 0 Å². The first-order valence-corrected chi connectivity index (χ1v) is 8.14. The van der Waals surface area contributed by atoms with Gasteiger partial charge in [0.15, 0.2) is 0 Å². The Morgan fingerprint density at radius 2 is 1.00 bits per heavy atom. The Hall–Kier alpha value is -0.860. The van der Waals surface area contributed by atoms with Crippen LogP contribution in [0.1, 0.15) is 83.5 Å². The number of carbonyl (C=O) groups is 2. The van der Waals surface area contributed by atoms with Crippen LogP contribution in [-0.2, 0) is 9.59 Å². The minimum atomic E-state index is 0.0714. The molecule has 0 aromatic rings. The molecule has 2 fully saturated rings. The molecule has 3 nitrogen and oxygen atoms in total. The van der Waals surface area contributed by atoms with Crippen LogP contribution < -0.4 is 0 Å². The summed E-state index contributed by atoms with van der Waals surface area (Å²) in [4.78, 5) is 25.3. The van der Waals surface area contributed by atoms with Crippen LogP contribution in [0.25, 0.3) is 0 Å². The van der Waals surface area contributed by atoms with Crippen LogP contribution in [0.2, 0.25) is 0 Å². The zero-order chi connectivity index (χ0) is 13.5. The van der Waals surface area contributed by atoms with E-state index >= 15 is 0 Å². The highest BCUT2D eigenvalue weighted by Crippen LogP contribution is 2.24. The molecular formula is C16H27NO2.